The van der Waals surface area contributed by atoms with E-state index >= 15 is 0 Å². The molecular weight excluding hydrogens is 367 g/mol. The fourth-order valence-corrected chi connectivity index (χ4v) is 3.65. The van der Waals surface area contributed by atoms with Gasteiger partial charge < -0.3 is 10.7 Å². The standard InChI is InChI=1S/C25H24BN4/c1-18-17-21(29-25(18)22(13-14-27)24-6-4-16-30(24)26)12-9-19-7-10-20(11-8-19)23-5-2-3-15-28-23/h2-12,15-17,29H,13-14,27H2,1H3/q+1/b12-9+. The summed E-state index contributed by atoms with van der Waals surface area (Å²) >= 11 is 0. The van der Waals surface area contributed by atoms with E-state index in [2.05, 4.69) is 59.4 Å². The predicted octanol–water partition coefficient (Wildman–Crippen LogP) is 4.35. The molecule has 1 aliphatic heterocycles. The lowest BCUT2D eigenvalue weighted by atomic mass is 10.0. The van der Waals surface area contributed by atoms with Crippen LogP contribution in [-0.2, 0) is 0 Å². The van der Waals surface area contributed by atoms with Crippen molar-refractivity contribution in [2.75, 3.05) is 6.54 Å². The Kier molecular flexibility index (Phi) is 5.91. The Balaban J connectivity index is 1.57. The molecule has 5 heteroatoms. The second kappa shape index (κ2) is 8.93. The summed E-state index contributed by atoms with van der Waals surface area (Å²) in [6.45, 7) is 2.66. The highest BCUT2D eigenvalue weighted by molar-refractivity contribution is 6.01. The number of rotatable bonds is 6. The van der Waals surface area contributed by atoms with Gasteiger partial charge in [-0.3, -0.25) is 9.47 Å². The van der Waals surface area contributed by atoms with Crippen molar-refractivity contribution >= 4 is 31.9 Å². The van der Waals surface area contributed by atoms with Crippen molar-refractivity contribution in [3.05, 3.63) is 95.1 Å². The monoisotopic (exact) mass is 391 g/mol. The van der Waals surface area contributed by atoms with Crippen LogP contribution >= 0.6 is 0 Å². The summed E-state index contributed by atoms with van der Waals surface area (Å²) in [5, 5.41) is 0. The number of hydrogen-bond donors (Lipinski definition) is 2. The molecule has 30 heavy (non-hydrogen) atoms. The fraction of sp³-hybridized carbons (Fsp3) is 0.120. The molecule has 0 unspecified atom stereocenters. The van der Waals surface area contributed by atoms with Gasteiger partial charge in [0.2, 0.25) is 0 Å². The molecule has 4 rings (SSSR count). The van der Waals surface area contributed by atoms with Crippen molar-refractivity contribution in [1.29, 1.82) is 0 Å². The minimum atomic E-state index is 0.562. The van der Waals surface area contributed by atoms with Gasteiger partial charge in [0.05, 0.1) is 11.4 Å². The third-order valence-electron chi connectivity index (χ3n) is 5.15. The maximum absolute atomic E-state index is 6.08. The normalized spacial score (nSPS) is 15.1. The molecule has 0 spiro atoms. The van der Waals surface area contributed by atoms with E-state index in [1.165, 1.54) is 5.56 Å². The molecule has 2 radical (unpaired) electrons. The first kappa shape index (κ1) is 19.9. The molecule has 3 N–H and O–H groups in total. The number of H-pyrrole nitrogens is 1. The van der Waals surface area contributed by atoms with E-state index < -0.39 is 0 Å². The van der Waals surface area contributed by atoms with Gasteiger partial charge in [0.15, 0.2) is 5.70 Å². The number of aryl methyl sites for hydroxylation is 1. The van der Waals surface area contributed by atoms with E-state index in [1.54, 1.807) is 4.49 Å². The van der Waals surface area contributed by atoms with Gasteiger partial charge >= 0.3 is 7.98 Å². The summed E-state index contributed by atoms with van der Waals surface area (Å²) in [5.74, 6) is 0. The van der Waals surface area contributed by atoms with E-state index in [9.17, 15) is 0 Å². The number of benzene rings is 1. The maximum atomic E-state index is 6.08. The van der Waals surface area contributed by atoms with Gasteiger partial charge in [0, 0.05) is 35.2 Å². The molecule has 2 aromatic heterocycles. The second-order valence-corrected chi connectivity index (χ2v) is 7.27. The van der Waals surface area contributed by atoms with Gasteiger partial charge in [-0.25, -0.2) is 0 Å². The molecule has 1 aliphatic rings. The van der Waals surface area contributed by atoms with Gasteiger partial charge in [-0.2, -0.15) is 0 Å². The number of allylic oxidation sites excluding steroid dienone is 2. The molecule has 3 heterocycles. The Bertz CT molecular complexity index is 1150. The van der Waals surface area contributed by atoms with Gasteiger partial charge in [-0.05, 0) is 55.3 Å². The van der Waals surface area contributed by atoms with Gasteiger partial charge in [-0.1, -0.05) is 36.4 Å². The highest BCUT2D eigenvalue weighted by Gasteiger charge is 2.20. The predicted molar refractivity (Wildman–Crippen MR) is 126 cm³/mol. The summed E-state index contributed by atoms with van der Waals surface area (Å²) in [4.78, 5) is 7.93. The lowest BCUT2D eigenvalue weighted by molar-refractivity contribution is -0.294. The van der Waals surface area contributed by atoms with Crippen LogP contribution < -0.4 is 5.73 Å². The largest absolute Gasteiger partial charge is 0.586 e. The van der Waals surface area contributed by atoms with Gasteiger partial charge in [0.25, 0.3) is 0 Å². The minimum absolute atomic E-state index is 0.562. The quantitative estimate of drug-likeness (QED) is 0.614. The Morgan fingerprint density at radius 2 is 2.00 bits per heavy atom. The summed E-state index contributed by atoms with van der Waals surface area (Å²) in [6, 6.07) is 16.5. The second-order valence-electron chi connectivity index (χ2n) is 7.27. The fourth-order valence-electron chi connectivity index (χ4n) is 3.65. The highest BCUT2D eigenvalue weighted by Crippen LogP contribution is 2.28. The number of nitrogens with two attached hydrogens (primary N) is 1. The lowest BCUT2D eigenvalue weighted by Gasteiger charge is -2.07. The van der Waals surface area contributed by atoms with Crippen molar-refractivity contribution in [2.45, 2.75) is 13.3 Å². The van der Waals surface area contributed by atoms with Crippen LogP contribution in [0.15, 0.2) is 72.6 Å². The number of nitrogens with zero attached hydrogens (tertiary/aromatic N) is 2. The Hall–Kier alpha value is -3.44. The van der Waals surface area contributed by atoms with Crippen LogP contribution in [-0.4, -0.2) is 35.2 Å². The smallest absolute Gasteiger partial charge is 0.355 e. The highest BCUT2D eigenvalue weighted by atomic mass is 14.9. The number of nitrogens with one attached hydrogen (secondary N) is 1. The van der Waals surface area contributed by atoms with E-state index in [0.29, 0.717) is 6.54 Å². The molecule has 0 amide bonds. The SMILES string of the molecule is [B][N+]1=CC=CC1=C(CCN)c1[nH]c(/C=C/c2ccc(-c3ccccn3)cc2)cc1C. The molecular formula is C25H24BN4+. The number of hydrogen-bond acceptors (Lipinski definition) is 2. The van der Waals surface area contributed by atoms with Crippen LogP contribution in [0.3, 0.4) is 0 Å². The van der Waals surface area contributed by atoms with Crippen LogP contribution in [0.1, 0.15) is 28.9 Å². The summed E-state index contributed by atoms with van der Waals surface area (Å²) in [6.07, 6.45) is 12.6. The van der Waals surface area contributed by atoms with Crippen molar-refractivity contribution in [2.24, 2.45) is 5.73 Å². The minimum Gasteiger partial charge on any atom is -0.355 e. The van der Waals surface area contributed by atoms with Gasteiger partial charge in [0.1, 0.15) is 6.21 Å². The van der Waals surface area contributed by atoms with Crippen LogP contribution in [0.5, 0.6) is 0 Å². The van der Waals surface area contributed by atoms with Gasteiger partial charge in [-0.15, -0.1) is 0 Å². The average molecular weight is 391 g/mol. The summed E-state index contributed by atoms with van der Waals surface area (Å²) < 4.78 is 1.64. The Morgan fingerprint density at radius 1 is 1.17 bits per heavy atom. The number of aromatic amines is 1. The first-order chi connectivity index (χ1) is 14.7. The molecule has 3 aromatic rings. The molecule has 0 saturated carbocycles. The zero-order valence-corrected chi connectivity index (χ0v) is 17.0. The maximum Gasteiger partial charge on any atom is 0.586 e. The first-order valence-electron chi connectivity index (χ1n) is 10.0. The van der Waals surface area contributed by atoms with E-state index in [4.69, 9.17) is 13.7 Å². The Morgan fingerprint density at radius 3 is 2.67 bits per heavy atom. The van der Waals surface area contributed by atoms with Crippen molar-refractivity contribution in [3.8, 4) is 11.3 Å². The molecule has 0 fully saturated rings. The van der Waals surface area contributed by atoms with Crippen LogP contribution in [0.25, 0.3) is 29.0 Å². The van der Waals surface area contributed by atoms with E-state index in [-0.39, 0.29) is 0 Å². The lowest BCUT2D eigenvalue weighted by Crippen LogP contribution is -2.09. The van der Waals surface area contributed by atoms with E-state index in [1.807, 2.05) is 42.8 Å². The molecule has 0 aliphatic carbocycles. The van der Waals surface area contributed by atoms with Crippen LogP contribution in [0.2, 0.25) is 0 Å². The van der Waals surface area contributed by atoms with Crippen LogP contribution in [0, 0.1) is 6.92 Å². The van der Waals surface area contributed by atoms with Crippen molar-refractivity contribution < 1.29 is 4.49 Å². The first-order valence-corrected chi connectivity index (χ1v) is 10.0. The molecule has 0 atom stereocenters. The Labute approximate surface area is 178 Å². The van der Waals surface area contributed by atoms with Crippen molar-refractivity contribution in [3.63, 3.8) is 0 Å². The zero-order chi connectivity index (χ0) is 20.9. The molecule has 1 aromatic carbocycles. The average Bonchev–Trinajstić information content (AvgIpc) is 3.37. The molecule has 0 saturated heterocycles. The third kappa shape index (κ3) is 4.26. The molecule has 4 nitrogen and oxygen atoms in total. The number of pyridine rings is 1. The third-order valence-corrected chi connectivity index (χ3v) is 5.15. The summed E-state index contributed by atoms with van der Waals surface area (Å²) in [5.41, 5.74) is 14.5. The number of aromatic nitrogens is 2. The topological polar surface area (TPSA) is 57.7 Å². The van der Waals surface area contributed by atoms with Crippen LogP contribution in [0.4, 0.5) is 0 Å². The zero-order valence-electron chi connectivity index (χ0n) is 17.0. The molecule has 0 bridgehead atoms. The van der Waals surface area contributed by atoms with Crippen molar-refractivity contribution in [1.82, 2.24) is 9.97 Å². The summed E-state index contributed by atoms with van der Waals surface area (Å²) in [7, 11) is 6.08. The van der Waals surface area contributed by atoms with E-state index in [0.717, 1.165) is 45.9 Å². The molecule has 146 valence electrons.